The van der Waals surface area contributed by atoms with Crippen molar-refractivity contribution in [3.05, 3.63) is 69.2 Å². The minimum absolute atomic E-state index is 0.0229. The normalized spacial score (nSPS) is 18.5. The number of nitrogens with zero attached hydrogens (tertiary/aromatic N) is 2. The minimum Gasteiger partial charge on any atom is -0.324 e. The summed E-state index contributed by atoms with van der Waals surface area (Å²) in [4.78, 5) is 34.1. The second-order valence-corrected chi connectivity index (χ2v) is 9.68. The highest BCUT2D eigenvalue weighted by Gasteiger charge is 2.27. The molecule has 0 bridgehead atoms. The van der Waals surface area contributed by atoms with E-state index in [0.29, 0.717) is 31.5 Å². The molecule has 0 spiro atoms. The molecule has 2 aliphatic rings. The second-order valence-electron chi connectivity index (χ2n) is 7.84. The van der Waals surface area contributed by atoms with Crippen LogP contribution in [-0.2, 0) is 9.59 Å². The number of amides is 2. The third-order valence-electron chi connectivity index (χ3n) is 5.57. The van der Waals surface area contributed by atoms with E-state index in [1.165, 1.54) is 11.8 Å². The van der Waals surface area contributed by atoms with Crippen LogP contribution in [0.25, 0.3) is 17.0 Å². The summed E-state index contributed by atoms with van der Waals surface area (Å²) in [6.45, 7) is 0. The van der Waals surface area contributed by atoms with Crippen LogP contribution in [0.1, 0.15) is 24.8 Å². The molecule has 0 atom stereocenters. The number of halogens is 2. The standard InChI is InChI=1S/C24H18Cl2N4O2S/c25-16-11-17(26)20(12-19(16)28-22(31)14-3-1-4-14)29-24-30-23(32)21(33-24)10-13-6-7-18-15(9-13)5-2-8-27-18/h2,5-12,14H,1,3-4H2,(H,28,31)(H,29,30,32)/b21-10-. The Bertz CT molecular complexity index is 1350. The fourth-order valence-electron chi connectivity index (χ4n) is 3.55. The lowest BCUT2D eigenvalue weighted by atomic mass is 9.85. The molecule has 1 aliphatic carbocycles. The van der Waals surface area contributed by atoms with Crippen LogP contribution >= 0.6 is 35.0 Å². The highest BCUT2D eigenvalue weighted by Crippen LogP contribution is 2.37. The lowest BCUT2D eigenvalue weighted by molar-refractivity contribution is -0.122. The number of nitrogens with one attached hydrogen (secondary N) is 2. The summed E-state index contributed by atoms with van der Waals surface area (Å²) in [5.74, 6) is -0.271. The number of hydrogen-bond donors (Lipinski definition) is 2. The van der Waals surface area contributed by atoms with Gasteiger partial charge in [0.25, 0.3) is 5.91 Å². The minimum atomic E-state index is -0.242. The first-order chi connectivity index (χ1) is 16.0. The summed E-state index contributed by atoms with van der Waals surface area (Å²) in [7, 11) is 0. The highest BCUT2D eigenvalue weighted by molar-refractivity contribution is 8.18. The third kappa shape index (κ3) is 4.76. The molecule has 5 rings (SSSR count). The number of rotatable bonds is 4. The number of fused-ring (bicyclic) bond motifs is 1. The molecule has 9 heteroatoms. The molecule has 1 saturated carbocycles. The molecule has 0 radical (unpaired) electrons. The first kappa shape index (κ1) is 21.9. The van der Waals surface area contributed by atoms with Gasteiger partial charge < -0.3 is 10.6 Å². The molecule has 3 aromatic rings. The Hall–Kier alpha value is -2.87. The molecule has 1 aliphatic heterocycles. The van der Waals surface area contributed by atoms with Crippen LogP contribution < -0.4 is 10.6 Å². The van der Waals surface area contributed by atoms with Crippen molar-refractivity contribution >= 4 is 80.3 Å². The van der Waals surface area contributed by atoms with Crippen LogP contribution in [0.2, 0.25) is 10.0 Å². The maximum absolute atomic E-state index is 12.5. The predicted octanol–water partition coefficient (Wildman–Crippen LogP) is 6.17. The van der Waals surface area contributed by atoms with E-state index in [0.717, 1.165) is 35.7 Å². The fourth-order valence-corrected chi connectivity index (χ4v) is 4.86. The topological polar surface area (TPSA) is 83.5 Å². The average Bonchev–Trinajstić information content (AvgIpc) is 3.08. The van der Waals surface area contributed by atoms with Crippen molar-refractivity contribution in [2.75, 3.05) is 5.32 Å². The van der Waals surface area contributed by atoms with E-state index in [4.69, 9.17) is 23.2 Å². The molecule has 0 unspecified atom stereocenters. The first-order valence-corrected chi connectivity index (χ1v) is 12.0. The van der Waals surface area contributed by atoms with E-state index < -0.39 is 0 Å². The zero-order valence-electron chi connectivity index (χ0n) is 17.3. The van der Waals surface area contributed by atoms with E-state index in [9.17, 15) is 9.59 Å². The lowest BCUT2D eigenvalue weighted by Crippen LogP contribution is -2.28. The Morgan fingerprint density at radius 3 is 2.82 bits per heavy atom. The summed E-state index contributed by atoms with van der Waals surface area (Å²) in [5, 5.41) is 7.68. The van der Waals surface area contributed by atoms with Crippen molar-refractivity contribution in [1.29, 1.82) is 0 Å². The SMILES string of the molecule is O=C1NC(=Nc2cc(NC(=O)C3CCC3)c(Cl)cc2Cl)S/C1=C\c1ccc2ncccc2c1. The summed E-state index contributed by atoms with van der Waals surface area (Å²) in [6.07, 6.45) is 6.39. The van der Waals surface area contributed by atoms with Crippen LogP contribution in [0, 0.1) is 5.92 Å². The number of thioether (sulfide) groups is 1. The van der Waals surface area contributed by atoms with Crippen LogP contribution in [-0.4, -0.2) is 22.0 Å². The van der Waals surface area contributed by atoms with Crippen LogP contribution in [0.15, 0.2) is 58.6 Å². The van der Waals surface area contributed by atoms with Crippen LogP contribution in [0.5, 0.6) is 0 Å². The fraction of sp³-hybridized carbons (Fsp3) is 0.167. The summed E-state index contributed by atoms with van der Waals surface area (Å²) in [6, 6.07) is 12.8. The smallest absolute Gasteiger partial charge is 0.264 e. The summed E-state index contributed by atoms with van der Waals surface area (Å²) >= 11 is 13.8. The van der Waals surface area contributed by atoms with Gasteiger partial charge in [0.05, 0.1) is 31.8 Å². The van der Waals surface area contributed by atoms with Crippen molar-refractivity contribution in [2.45, 2.75) is 19.3 Å². The van der Waals surface area contributed by atoms with Gasteiger partial charge in [-0.25, -0.2) is 4.99 Å². The Balaban J connectivity index is 1.38. The molecule has 1 saturated heterocycles. The Morgan fingerprint density at radius 1 is 1.18 bits per heavy atom. The van der Waals surface area contributed by atoms with E-state index in [2.05, 4.69) is 20.6 Å². The van der Waals surface area contributed by atoms with E-state index >= 15 is 0 Å². The molecule has 6 nitrogen and oxygen atoms in total. The Morgan fingerprint density at radius 2 is 2.03 bits per heavy atom. The number of carbonyl (C=O) groups excluding carboxylic acids is 2. The number of aliphatic imine (C=N–C) groups is 1. The number of amidine groups is 1. The monoisotopic (exact) mass is 496 g/mol. The number of pyridine rings is 1. The van der Waals surface area contributed by atoms with Gasteiger partial charge in [-0.2, -0.15) is 0 Å². The molecular weight excluding hydrogens is 479 g/mol. The molecule has 2 amide bonds. The molecule has 2 N–H and O–H groups in total. The predicted molar refractivity (Wildman–Crippen MR) is 135 cm³/mol. The van der Waals surface area contributed by atoms with Gasteiger partial charge in [0, 0.05) is 17.5 Å². The Kier molecular flexibility index (Phi) is 6.10. The Labute approximate surface area is 204 Å². The number of anilines is 1. The molecule has 2 aromatic carbocycles. The van der Waals surface area contributed by atoms with Gasteiger partial charge in [-0.05, 0) is 66.6 Å². The van der Waals surface area contributed by atoms with Gasteiger partial charge in [-0.1, -0.05) is 41.8 Å². The average molecular weight is 497 g/mol. The van der Waals surface area contributed by atoms with Crippen molar-refractivity contribution in [1.82, 2.24) is 10.3 Å². The quantitative estimate of drug-likeness (QED) is 0.422. The zero-order valence-corrected chi connectivity index (χ0v) is 19.6. The van der Waals surface area contributed by atoms with Crippen molar-refractivity contribution in [3.63, 3.8) is 0 Å². The van der Waals surface area contributed by atoms with E-state index in [-0.39, 0.29) is 17.7 Å². The molecule has 33 heavy (non-hydrogen) atoms. The first-order valence-electron chi connectivity index (χ1n) is 10.4. The van der Waals surface area contributed by atoms with Gasteiger partial charge in [0.15, 0.2) is 5.17 Å². The van der Waals surface area contributed by atoms with E-state index in [1.807, 2.05) is 36.4 Å². The van der Waals surface area contributed by atoms with Crippen molar-refractivity contribution in [3.8, 4) is 0 Å². The maximum atomic E-state index is 12.5. The number of hydrogen-bond acceptors (Lipinski definition) is 5. The summed E-state index contributed by atoms with van der Waals surface area (Å²) in [5.41, 5.74) is 2.64. The van der Waals surface area contributed by atoms with Crippen LogP contribution in [0.3, 0.4) is 0 Å². The zero-order chi connectivity index (χ0) is 22.9. The molecule has 2 fully saturated rings. The largest absolute Gasteiger partial charge is 0.324 e. The third-order valence-corrected chi connectivity index (χ3v) is 7.09. The molecule has 2 heterocycles. The van der Waals surface area contributed by atoms with Crippen LogP contribution in [0.4, 0.5) is 11.4 Å². The van der Waals surface area contributed by atoms with Crippen molar-refractivity contribution in [2.24, 2.45) is 10.9 Å². The highest BCUT2D eigenvalue weighted by atomic mass is 35.5. The number of carbonyl (C=O) groups is 2. The molecule has 1 aromatic heterocycles. The summed E-state index contributed by atoms with van der Waals surface area (Å²) < 4.78 is 0. The molecule has 166 valence electrons. The maximum Gasteiger partial charge on any atom is 0.264 e. The lowest BCUT2D eigenvalue weighted by Gasteiger charge is -2.24. The molecular formula is C24H18Cl2N4O2S. The van der Waals surface area contributed by atoms with Gasteiger partial charge in [0.1, 0.15) is 0 Å². The van der Waals surface area contributed by atoms with Gasteiger partial charge in [-0.3, -0.25) is 14.6 Å². The van der Waals surface area contributed by atoms with Gasteiger partial charge in [0.2, 0.25) is 5.91 Å². The van der Waals surface area contributed by atoms with Crippen molar-refractivity contribution < 1.29 is 9.59 Å². The number of aromatic nitrogens is 1. The van der Waals surface area contributed by atoms with Gasteiger partial charge >= 0.3 is 0 Å². The second kappa shape index (κ2) is 9.17. The van der Waals surface area contributed by atoms with Gasteiger partial charge in [-0.15, -0.1) is 0 Å². The number of benzene rings is 2. The van der Waals surface area contributed by atoms with E-state index in [1.54, 1.807) is 18.3 Å².